The molecule has 0 saturated carbocycles. The molecule has 162 valence electrons. The van der Waals surface area contributed by atoms with Gasteiger partial charge >= 0.3 is 0 Å². The molecule has 1 aromatic carbocycles. The number of hydrogen-bond acceptors (Lipinski definition) is 4. The molecule has 2 unspecified atom stereocenters. The lowest BCUT2D eigenvalue weighted by Gasteiger charge is -2.35. The molecule has 29 heavy (non-hydrogen) atoms. The summed E-state index contributed by atoms with van der Waals surface area (Å²) in [5.41, 5.74) is 1.33. The zero-order valence-corrected chi connectivity index (χ0v) is 18.4. The number of rotatable bonds is 8. The Labute approximate surface area is 176 Å². The number of ether oxygens (including phenoxy) is 1. The second kappa shape index (κ2) is 11.4. The molecule has 2 atom stereocenters. The number of guanidine groups is 1. The molecule has 6 heteroatoms. The Morgan fingerprint density at radius 3 is 2.59 bits per heavy atom. The molecule has 2 aliphatic heterocycles. The second-order valence-electron chi connectivity index (χ2n) is 8.70. The maximum atomic E-state index is 5.54. The van der Waals surface area contributed by atoms with Crippen LogP contribution in [0.4, 0.5) is 5.69 Å². The van der Waals surface area contributed by atoms with Crippen LogP contribution in [-0.4, -0.2) is 76.4 Å². The van der Waals surface area contributed by atoms with Gasteiger partial charge in [0.25, 0.3) is 0 Å². The van der Waals surface area contributed by atoms with Gasteiger partial charge in [0.2, 0.25) is 0 Å². The number of nitrogens with one attached hydrogen (secondary N) is 2. The van der Waals surface area contributed by atoms with Gasteiger partial charge in [-0.05, 0) is 36.8 Å². The van der Waals surface area contributed by atoms with Crippen molar-refractivity contribution in [2.45, 2.75) is 32.7 Å². The molecule has 2 aliphatic rings. The lowest BCUT2D eigenvalue weighted by atomic mass is 10.0. The van der Waals surface area contributed by atoms with Crippen LogP contribution < -0.4 is 15.5 Å². The van der Waals surface area contributed by atoms with Crippen LogP contribution in [0.1, 0.15) is 26.7 Å². The van der Waals surface area contributed by atoms with Crippen molar-refractivity contribution < 1.29 is 4.74 Å². The van der Waals surface area contributed by atoms with Crippen molar-refractivity contribution in [3.8, 4) is 0 Å². The largest absolute Gasteiger partial charge is 0.379 e. The van der Waals surface area contributed by atoms with Gasteiger partial charge in [-0.1, -0.05) is 32.0 Å². The summed E-state index contributed by atoms with van der Waals surface area (Å²) in [6.07, 6.45) is 2.42. The molecule has 2 heterocycles. The Morgan fingerprint density at radius 1 is 1.14 bits per heavy atom. The summed E-state index contributed by atoms with van der Waals surface area (Å²) in [6, 6.07) is 11.3. The fraction of sp³-hybridized carbons (Fsp3) is 0.696. The van der Waals surface area contributed by atoms with E-state index in [4.69, 9.17) is 4.74 Å². The minimum Gasteiger partial charge on any atom is -0.379 e. The van der Waals surface area contributed by atoms with E-state index in [1.807, 2.05) is 7.05 Å². The minimum atomic E-state index is 0.525. The van der Waals surface area contributed by atoms with E-state index < -0.39 is 0 Å². The molecule has 2 saturated heterocycles. The van der Waals surface area contributed by atoms with Crippen molar-refractivity contribution in [2.24, 2.45) is 16.8 Å². The summed E-state index contributed by atoms with van der Waals surface area (Å²) in [7, 11) is 1.87. The van der Waals surface area contributed by atoms with E-state index in [-0.39, 0.29) is 0 Å². The van der Waals surface area contributed by atoms with Gasteiger partial charge in [-0.2, -0.15) is 0 Å². The highest BCUT2D eigenvalue weighted by atomic mass is 16.5. The fourth-order valence-corrected chi connectivity index (χ4v) is 4.40. The number of para-hydroxylation sites is 1. The van der Waals surface area contributed by atoms with Crippen molar-refractivity contribution in [1.29, 1.82) is 0 Å². The van der Waals surface area contributed by atoms with Crippen LogP contribution in [0.3, 0.4) is 0 Å². The predicted octanol–water partition coefficient (Wildman–Crippen LogP) is 2.42. The van der Waals surface area contributed by atoms with Crippen molar-refractivity contribution >= 4 is 11.6 Å². The van der Waals surface area contributed by atoms with E-state index in [9.17, 15) is 0 Å². The third kappa shape index (κ3) is 6.89. The summed E-state index contributed by atoms with van der Waals surface area (Å²) >= 11 is 0. The number of nitrogens with zero attached hydrogens (tertiary/aromatic N) is 3. The van der Waals surface area contributed by atoms with Crippen LogP contribution in [0.2, 0.25) is 0 Å². The summed E-state index contributed by atoms with van der Waals surface area (Å²) < 4.78 is 5.54. The van der Waals surface area contributed by atoms with E-state index in [0.29, 0.717) is 17.9 Å². The van der Waals surface area contributed by atoms with Crippen molar-refractivity contribution in [2.75, 3.05) is 64.4 Å². The van der Waals surface area contributed by atoms with E-state index in [1.165, 1.54) is 18.5 Å². The quantitative estimate of drug-likeness (QED) is 0.518. The van der Waals surface area contributed by atoms with Gasteiger partial charge in [0, 0.05) is 58.0 Å². The van der Waals surface area contributed by atoms with Gasteiger partial charge < -0.3 is 20.3 Å². The lowest BCUT2D eigenvalue weighted by molar-refractivity contribution is 0.0132. The maximum Gasteiger partial charge on any atom is 0.191 e. The average Bonchev–Trinajstić information content (AvgIpc) is 3.23. The SMILES string of the molecule is CN=C(NCC1CCN(c2ccccc2)C1)NCC(CC(C)C)N1CCOCC1. The van der Waals surface area contributed by atoms with Gasteiger partial charge in [0.1, 0.15) is 0 Å². The summed E-state index contributed by atoms with van der Waals surface area (Å²) in [5, 5.41) is 7.15. The number of hydrogen-bond donors (Lipinski definition) is 2. The molecular formula is C23H39N5O. The van der Waals surface area contributed by atoms with Crippen molar-refractivity contribution in [1.82, 2.24) is 15.5 Å². The number of morpholine rings is 1. The Morgan fingerprint density at radius 2 is 1.90 bits per heavy atom. The summed E-state index contributed by atoms with van der Waals surface area (Å²) in [4.78, 5) is 9.51. The fourth-order valence-electron chi connectivity index (χ4n) is 4.40. The zero-order valence-electron chi connectivity index (χ0n) is 18.4. The average molecular weight is 402 g/mol. The third-order valence-electron chi connectivity index (χ3n) is 6.00. The van der Waals surface area contributed by atoms with Gasteiger partial charge in [-0.15, -0.1) is 0 Å². The standard InChI is InChI=1S/C23H39N5O/c1-19(2)15-22(27-11-13-29-14-12-27)17-26-23(24-3)25-16-20-9-10-28(18-20)21-7-5-4-6-8-21/h4-8,19-20,22H,9-18H2,1-3H3,(H2,24,25,26). The Bertz CT molecular complexity index is 615. The lowest BCUT2D eigenvalue weighted by Crippen LogP contribution is -2.51. The van der Waals surface area contributed by atoms with E-state index in [0.717, 1.165) is 58.4 Å². The van der Waals surface area contributed by atoms with Gasteiger partial charge in [-0.3, -0.25) is 9.89 Å². The van der Waals surface area contributed by atoms with E-state index in [2.05, 4.69) is 69.6 Å². The molecule has 0 spiro atoms. The Kier molecular flexibility index (Phi) is 8.62. The highest BCUT2D eigenvalue weighted by Gasteiger charge is 2.24. The monoisotopic (exact) mass is 401 g/mol. The minimum absolute atomic E-state index is 0.525. The summed E-state index contributed by atoms with van der Waals surface area (Å²) in [5.74, 6) is 2.26. The van der Waals surface area contributed by atoms with Crippen LogP contribution >= 0.6 is 0 Å². The van der Waals surface area contributed by atoms with Crippen LogP contribution in [0, 0.1) is 11.8 Å². The first-order valence-corrected chi connectivity index (χ1v) is 11.2. The van der Waals surface area contributed by atoms with Crippen LogP contribution in [0.25, 0.3) is 0 Å². The van der Waals surface area contributed by atoms with Crippen LogP contribution in [-0.2, 0) is 4.74 Å². The molecule has 1 aromatic rings. The van der Waals surface area contributed by atoms with Crippen LogP contribution in [0.15, 0.2) is 35.3 Å². The van der Waals surface area contributed by atoms with Crippen molar-refractivity contribution in [3.05, 3.63) is 30.3 Å². The van der Waals surface area contributed by atoms with Gasteiger partial charge in [-0.25, -0.2) is 0 Å². The zero-order chi connectivity index (χ0) is 20.5. The molecule has 6 nitrogen and oxygen atoms in total. The van der Waals surface area contributed by atoms with E-state index in [1.54, 1.807) is 0 Å². The normalized spacial score (nSPS) is 22.1. The van der Waals surface area contributed by atoms with Gasteiger partial charge in [0.05, 0.1) is 13.2 Å². The molecule has 2 fully saturated rings. The first-order chi connectivity index (χ1) is 14.2. The maximum absolute atomic E-state index is 5.54. The Balaban J connectivity index is 1.43. The highest BCUT2D eigenvalue weighted by Crippen LogP contribution is 2.22. The number of aliphatic imine (C=N–C) groups is 1. The molecule has 0 bridgehead atoms. The first-order valence-electron chi connectivity index (χ1n) is 11.2. The highest BCUT2D eigenvalue weighted by molar-refractivity contribution is 5.79. The third-order valence-corrected chi connectivity index (χ3v) is 6.00. The number of benzene rings is 1. The molecule has 0 radical (unpaired) electrons. The molecule has 0 aromatic heterocycles. The molecular weight excluding hydrogens is 362 g/mol. The van der Waals surface area contributed by atoms with Crippen LogP contribution in [0.5, 0.6) is 0 Å². The summed E-state index contributed by atoms with van der Waals surface area (Å²) in [6.45, 7) is 12.5. The van der Waals surface area contributed by atoms with Crippen molar-refractivity contribution in [3.63, 3.8) is 0 Å². The molecule has 3 rings (SSSR count). The Hall–Kier alpha value is -1.79. The molecule has 0 amide bonds. The second-order valence-corrected chi connectivity index (χ2v) is 8.70. The first kappa shape index (κ1) is 21.9. The predicted molar refractivity (Wildman–Crippen MR) is 122 cm³/mol. The smallest absolute Gasteiger partial charge is 0.191 e. The topological polar surface area (TPSA) is 52.1 Å². The number of anilines is 1. The molecule has 2 N–H and O–H groups in total. The molecule has 0 aliphatic carbocycles. The van der Waals surface area contributed by atoms with E-state index >= 15 is 0 Å². The van der Waals surface area contributed by atoms with Gasteiger partial charge in [0.15, 0.2) is 5.96 Å².